The Labute approximate surface area is 62.6 Å². The number of hydrogen-bond donors (Lipinski definition) is 1. The van der Waals surface area contributed by atoms with E-state index < -0.39 is 0 Å². The summed E-state index contributed by atoms with van der Waals surface area (Å²) in [5.74, 6) is 0.701. The Balaban J connectivity index is 2.03. The fourth-order valence-corrected chi connectivity index (χ4v) is 1.19. The van der Waals surface area contributed by atoms with Crippen LogP contribution in [-0.2, 0) is 0 Å². The fraction of sp³-hybridized carbons (Fsp3) is 0.556. The largest absolute Gasteiger partial charge is 0.330 e. The Bertz CT molecular complexity index is 124. The van der Waals surface area contributed by atoms with Crippen molar-refractivity contribution in [3.8, 4) is 0 Å². The lowest BCUT2D eigenvalue weighted by atomic mass is 10.0. The molecule has 10 heavy (non-hydrogen) atoms. The summed E-state index contributed by atoms with van der Waals surface area (Å²) in [6, 6.07) is 0. The maximum Gasteiger partial charge on any atom is -0.00473 e. The van der Waals surface area contributed by atoms with Crippen molar-refractivity contribution in [1.82, 2.24) is 0 Å². The molecule has 0 unspecified atom stereocenters. The molecule has 0 aromatic rings. The summed E-state index contributed by atoms with van der Waals surface area (Å²) in [6.45, 7) is 0.833. The molecule has 0 saturated carbocycles. The normalized spacial score (nSPS) is 16.9. The molecule has 2 N–H and O–H groups in total. The van der Waals surface area contributed by atoms with Crippen molar-refractivity contribution in [1.29, 1.82) is 0 Å². The van der Waals surface area contributed by atoms with E-state index in [-0.39, 0.29) is 0 Å². The molecular weight excluding hydrogens is 122 g/mol. The maximum atomic E-state index is 5.38. The fourth-order valence-electron chi connectivity index (χ4n) is 1.19. The van der Waals surface area contributed by atoms with Crippen LogP contribution in [0.2, 0.25) is 0 Å². The monoisotopic (exact) mass is 137 g/mol. The van der Waals surface area contributed by atoms with Gasteiger partial charge in [-0.1, -0.05) is 30.7 Å². The standard InChI is InChI=1S/C9H15N/c10-8-4-3-7-9-5-1-2-6-9/h1-2,5-6,9H,3-4,7-8,10H2. The van der Waals surface area contributed by atoms with Gasteiger partial charge in [0.1, 0.15) is 0 Å². The average Bonchev–Trinajstić information content (AvgIpc) is 2.41. The van der Waals surface area contributed by atoms with Crippen LogP contribution in [-0.4, -0.2) is 6.54 Å². The Hall–Kier alpha value is -0.560. The zero-order chi connectivity index (χ0) is 7.23. The van der Waals surface area contributed by atoms with E-state index in [1.807, 2.05) is 0 Å². The summed E-state index contributed by atoms with van der Waals surface area (Å²) in [5, 5.41) is 0. The van der Waals surface area contributed by atoms with Crippen LogP contribution >= 0.6 is 0 Å². The second kappa shape index (κ2) is 4.29. The molecule has 0 radical (unpaired) electrons. The quantitative estimate of drug-likeness (QED) is 0.588. The zero-order valence-corrected chi connectivity index (χ0v) is 6.29. The minimum atomic E-state index is 0.701. The summed E-state index contributed by atoms with van der Waals surface area (Å²) in [6.07, 6.45) is 12.4. The molecule has 0 fully saturated rings. The van der Waals surface area contributed by atoms with E-state index in [0.29, 0.717) is 5.92 Å². The number of hydrogen-bond acceptors (Lipinski definition) is 1. The number of nitrogens with two attached hydrogens (primary N) is 1. The molecule has 0 amide bonds. The molecule has 1 aliphatic carbocycles. The molecule has 0 atom stereocenters. The van der Waals surface area contributed by atoms with Crippen molar-refractivity contribution in [2.24, 2.45) is 11.7 Å². The summed E-state index contributed by atoms with van der Waals surface area (Å²) >= 11 is 0. The van der Waals surface area contributed by atoms with Crippen LogP contribution in [0.25, 0.3) is 0 Å². The van der Waals surface area contributed by atoms with Gasteiger partial charge in [-0.2, -0.15) is 0 Å². The smallest absolute Gasteiger partial charge is 0.00473 e. The van der Waals surface area contributed by atoms with Gasteiger partial charge in [0.2, 0.25) is 0 Å². The van der Waals surface area contributed by atoms with E-state index in [9.17, 15) is 0 Å². The van der Waals surface area contributed by atoms with Gasteiger partial charge in [0, 0.05) is 0 Å². The Morgan fingerprint density at radius 3 is 2.40 bits per heavy atom. The molecule has 0 aromatic carbocycles. The molecule has 0 aromatic heterocycles. The predicted octanol–water partition coefficient (Wildman–Crippen LogP) is 1.86. The maximum absolute atomic E-state index is 5.38. The molecule has 0 heterocycles. The van der Waals surface area contributed by atoms with E-state index in [1.54, 1.807) is 0 Å². The third kappa shape index (κ3) is 2.36. The van der Waals surface area contributed by atoms with Crippen molar-refractivity contribution in [3.63, 3.8) is 0 Å². The van der Waals surface area contributed by atoms with Crippen LogP contribution in [0.3, 0.4) is 0 Å². The molecule has 1 rings (SSSR count). The van der Waals surface area contributed by atoms with E-state index in [1.165, 1.54) is 12.8 Å². The van der Waals surface area contributed by atoms with E-state index in [0.717, 1.165) is 13.0 Å². The molecular formula is C9H15N. The second-order valence-electron chi connectivity index (χ2n) is 2.72. The van der Waals surface area contributed by atoms with Gasteiger partial charge in [0.05, 0.1) is 0 Å². The number of unbranched alkanes of at least 4 members (excludes halogenated alkanes) is 1. The third-order valence-electron chi connectivity index (χ3n) is 1.82. The van der Waals surface area contributed by atoms with E-state index in [4.69, 9.17) is 5.73 Å². The van der Waals surface area contributed by atoms with Gasteiger partial charge in [-0.15, -0.1) is 0 Å². The lowest BCUT2D eigenvalue weighted by Crippen LogP contribution is -1.99. The summed E-state index contributed by atoms with van der Waals surface area (Å²) in [4.78, 5) is 0. The molecule has 0 spiro atoms. The summed E-state index contributed by atoms with van der Waals surface area (Å²) in [5.41, 5.74) is 5.38. The molecule has 0 bridgehead atoms. The van der Waals surface area contributed by atoms with E-state index in [2.05, 4.69) is 24.3 Å². The first-order valence-electron chi connectivity index (χ1n) is 3.98. The van der Waals surface area contributed by atoms with Crippen LogP contribution in [0.15, 0.2) is 24.3 Å². The van der Waals surface area contributed by atoms with Gasteiger partial charge < -0.3 is 5.73 Å². The first kappa shape index (κ1) is 7.55. The van der Waals surface area contributed by atoms with Gasteiger partial charge in [-0.05, 0) is 25.3 Å². The van der Waals surface area contributed by atoms with Crippen LogP contribution in [0.1, 0.15) is 19.3 Å². The van der Waals surface area contributed by atoms with Crippen LogP contribution in [0.4, 0.5) is 0 Å². The first-order chi connectivity index (χ1) is 4.93. The van der Waals surface area contributed by atoms with Crippen molar-refractivity contribution in [2.75, 3.05) is 6.54 Å². The number of rotatable bonds is 4. The van der Waals surface area contributed by atoms with Crippen molar-refractivity contribution in [2.45, 2.75) is 19.3 Å². The predicted molar refractivity (Wildman–Crippen MR) is 44.7 cm³/mol. The lowest BCUT2D eigenvalue weighted by molar-refractivity contribution is 0.628. The molecule has 0 aliphatic heterocycles. The summed E-state index contributed by atoms with van der Waals surface area (Å²) < 4.78 is 0. The zero-order valence-electron chi connectivity index (χ0n) is 6.29. The Morgan fingerprint density at radius 2 is 1.80 bits per heavy atom. The topological polar surface area (TPSA) is 26.0 Å². The minimum absolute atomic E-state index is 0.701. The van der Waals surface area contributed by atoms with Crippen LogP contribution in [0.5, 0.6) is 0 Å². The lowest BCUT2D eigenvalue weighted by Gasteiger charge is -2.02. The Kier molecular flexibility index (Phi) is 3.23. The molecule has 1 heteroatoms. The molecule has 1 aliphatic rings. The molecule has 0 saturated heterocycles. The molecule has 56 valence electrons. The Morgan fingerprint density at radius 1 is 1.10 bits per heavy atom. The highest BCUT2D eigenvalue weighted by atomic mass is 14.5. The highest BCUT2D eigenvalue weighted by Crippen LogP contribution is 2.15. The average molecular weight is 137 g/mol. The van der Waals surface area contributed by atoms with Crippen molar-refractivity contribution in [3.05, 3.63) is 24.3 Å². The molecule has 1 nitrogen and oxygen atoms in total. The second-order valence-corrected chi connectivity index (χ2v) is 2.72. The van der Waals surface area contributed by atoms with Gasteiger partial charge in [-0.3, -0.25) is 0 Å². The highest BCUT2D eigenvalue weighted by Gasteiger charge is 2.01. The van der Waals surface area contributed by atoms with Gasteiger partial charge in [0.25, 0.3) is 0 Å². The van der Waals surface area contributed by atoms with Gasteiger partial charge >= 0.3 is 0 Å². The minimum Gasteiger partial charge on any atom is -0.330 e. The first-order valence-corrected chi connectivity index (χ1v) is 3.98. The summed E-state index contributed by atoms with van der Waals surface area (Å²) in [7, 11) is 0. The van der Waals surface area contributed by atoms with Gasteiger partial charge in [-0.25, -0.2) is 0 Å². The van der Waals surface area contributed by atoms with Crippen molar-refractivity contribution < 1.29 is 0 Å². The van der Waals surface area contributed by atoms with E-state index >= 15 is 0 Å². The van der Waals surface area contributed by atoms with Crippen molar-refractivity contribution >= 4 is 0 Å². The third-order valence-corrected chi connectivity index (χ3v) is 1.82. The van der Waals surface area contributed by atoms with Crippen LogP contribution < -0.4 is 5.73 Å². The van der Waals surface area contributed by atoms with Gasteiger partial charge in [0.15, 0.2) is 0 Å². The number of allylic oxidation sites excluding steroid dienone is 4. The SMILES string of the molecule is NCCCCC1C=CC=C1. The highest BCUT2D eigenvalue weighted by molar-refractivity contribution is 5.17. The van der Waals surface area contributed by atoms with Crippen LogP contribution in [0, 0.1) is 5.92 Å².